The van der Waals surface area contributed by atoms with Gasteiger partial charge in [0, 0.05) is 7.11 Å². The van der Waals surface area contributed by atoms with Crippen molar-refractivity contribution in [2.45, 2.75) is 25.4 Å². The fourth-order valence-corrected chi connectivity index (χ4v) is 0.606. The van der Waals surface area contributed by atoms with Crippen LogP contribution >= 0.6 is 0 Å². The molecular formula is C5H11B3F12KO-3. The van der Waals surface area contributed by atoms with Gasteiger partial charge >= 0.3 is 73.1 Å². The van der Waals surface area contributed by atoms with E-state index in [9.17, 15) is 51.8 Å². The molecule has 1 saturated carbocycles. The second-order valence-electron chi connectivity index (χ2n) is 3.27. The van der Waals surface area contributed by atoms with Crippen LogP contribution in [0.15, 0.2) is 0 Å². The van der Waals surface area contributed by atoms with E-state index in [0.717, 1.165) is 0 Å². The van der Waals surface area contributed by atoms with Crippen LogP contribution in [0.3, 0.4) is 0 Å². The van der Waals surface area contributed by atoms with E-state index >= 15 is 0 Å². The molecular weight excluding hydrogens is 376 g/mol. The number of rotatable bonds is 1. The Labute approximate surface area is 162 Å². The summed E-state index contributed by atoms with van der Waals surface area (Å²) in [6, 6.07) is 0. The first-order valence-corrected chi connectivity index (χ1v) is 5.08. The SMILES string of the molecule is COC1CCC1.F[B-](F)(F)F.F[B-](F)(F)F.F[B-](F)(F)F.[H-].[K+]. The quantitative estimate of drug-likeness (QED) is 0.496. The van der Waals surface area contributed by atoms with E-state index in [-0.39, 0.29) is 52.8 Å². The van der Waals surface area contributed by atoms with Gasteiger partial charge in [0.1, 0.15) is 0 Å². The zero-order chi connectivity index (χ0) is 17.9. The van der Waals surface area contributed by atoms with E-state index in [4.69, 9.17) is 4.74 Å². The molecule has 0 unspecified atom stereocenters. The van der Waals surface area contributed by atoms with Gasteiger partial charge in [-0.1, -0.05) is 0 Å². The molecule has 0 heterocycles. The molecule has 0 aromatic heterocycles. The molecule has 134 valence electrons. The molecule has 17 heteroatoms. The van der Waals surface area contributed by atoms with Crippen LogP contribution in [-0.4, -0.2) is 35.0 Å². The predicted molar refractivity (Wildman–Crippen MR) is 56.3 cm³/mol. The van der Waals surface area contributed by atoms with Crippen LogP contribution in [0.2, 0.25) is 0 Å². The summed E-state index contributed by atoms with van der Waals surface area (Å²) < 4.78 is 122. The molecule has 1 aliphatic rings. The normalized spacial score (nSPS) is 14.6. The Morgan fingerprint density at radius 2 is 0.864 bits per heavy atom. The van der Waals surface area contributed by atoms with Crippen LogP contribution < -0.4 is 51.4 Å². The molecule has 0 amide bonds. The molecule has 0 aliphatic heterocycles. The topological polar surface area (TPSA) is 9.23 Å². The van der Waals surface area contributed by atoms with Crippen LogP contribution in [-0.2, 0) is 4.74 Å². The van der Waals surface area contributed by atoms with Crippen molar-refractivity contribution in [2.24, 2.45) is 0 Å². The van der Waals surface area contributed by atoms with E-state index in [1.165, 1.54) is 19.3 Å². The maximum Gasteiger partial charge on any atom is 1.00 e. The zero-order valence-electron chi connectivity index (χ0n) is 12.4. The van der Waals surface area contributed by atoms with Crippen LogP contribution in [0.1, 0.15) is 20.7 Å². The third kappa shape index (κ3) is 104. The van der Waals surface area contributed by atoms with Crippen molar-refractivity contribution in [1.29, 1.82) is 0 Å². The Kier molecular flexibility index (Phi) is 20.0. The smallest absolute Gasteiger partial charge is 1.00 e. The number of halogens is 12. The van der Waals surface area contributed by atoms with Gasteiger partial charge in [-0.15, -0.1) is 0 Å². The Morgan fingerprint density at radius 1 is 0.682 bits per heavy atom. The Balaban J connectivity index is -0.0000000612. The molecule has 1 nitrogen and oxygen atoms in total. The van der Waals surface area contributed by atoms with Gasteiger partial charge in [0.15, 0.2) is 0 Å². The number of ether oxygens (including phenoxy) is 1. The third-order valence-electron chi connectivity index (χ3n) is 1.39. The molecule has 0 N–H and O–H groups in total. The van der Waals surface area contributed by atoms with Gasteiger partial charge < -0.3 is 58.0 Å². The second-order valence-corrected chi connectivity index (χ2v) is 3.27. The Bertz CT molecular complexity index is 195. The minimum atomic E-state index is -6.00. The Hall–Kier alpha value is 0.951. The molecule has 1 fully saturated rings. The van der Waals surface area contributed by atoms with E-state index in [1.54, 1.807) is 7.11 Å². The average molecular weight is 387 g/mol. The molecule has 0 atom stereocenters. The molecule has 1 aliphatic carbocycles. The first kappa shape index (κ1) is 30.8. The summed E-state index contributed by atoms with van der Waals surface area (Å²) in [5.74, 6) is 0. The molecule has 22 heavy (non-hydrogen) atoms. The minimum absolute atomic E-state index is 0. The van der Waals surface area contributed by atoms with Crippen molar-refractivity contribution >= 4 is 21.8 Å². The molecule has 0 saturated heterocycles. The first-order valence-electron chi connectivity index (χ1n) is 5.08. The summed E-state index contributed by atoms with van der Waals surface area (Å²) in [6.45, 7) is 0. The van der Waals surface area contributed by atoms with Gasteiger partial charge in [-0.2, -0.15) is 0 Å². The van der Waals surface area contributed by atoms with Gasteiger partial charge in [0.2, 0.25) is 0 Å². The van der Waals surface area contributed by atoms with E-state index in [0.29, 0.717) is 6.10 Å². The van der Waals surface area contributed by atoms with Gasteiger partial charge in [0.25, 0.3) is 0 Å². The van der Waals surface area contributed by atoms with Crippen molar-refractivity contribution in [3.8, 4) is 0 Å². The van der Waals surface area contributed by atoms with Crippen LogP contribution in [0, 0.1) is 0 Å². The molecule has 0 aromatic rings. The van der Waals surface area contributed by atoms with Crippen molar-refractivity contribution < 1.29 is 109 Å². The van der Waals surface area contributed by atoms with Gasteiger partial charge in [0.05, 0.1) is 6.10 Å². The largest absolute Gasteiger partial charge is 1.00 e. The molecule has 0 aromatic carbocycles. The molecule has 0 spiro atoms. The number of hydrogen-bond donors (Lipinski definition) is 0. The summed E-state index contributed by atoms with van der Waals surface area (Å²) in [5.41, 5.74) is 0. The maximum absolute atomic E-state index is 9.75. The molecule has 1 rings (SSSR count). The number of hydrogen-bond acceptors (Lipinski definition) is 1. The summed E-state index contributed by atoms with van der Waals surface area (Å²) in [6.07, 6.45) is 4.57. The van der Waals surface area contributed by atoms with E-state index in [1.807, 2.05) is 0 Å². The van der Waals surface area contributed by atoms with Crippen molar-refractivity contribution in [2.75, 3.05) is 7.11 Å². The Morgan fingerprint density at radius 3 is 0.864 bits per heavy atom. The first-order chi connectivity index (χ1) is 8.93. The van der Waals surface area contributed by atoms with Gasteiger partial charge in [-0.25, -0.2) is 0 Å². The third-order valence-corrected chi connectivity index (χ3v) is 1.39. The second kappa shape index (κ2) is 14.3. The number of methoxy groups -OCH3 is 1. The van der Waals surface area contributed by atoms with Gasteiger partial charge in [-0.3, -0.25) is 0 Å². The summed E-state index contributed by atoms with van der Waals surface area (Å²) in [4.78, 5) is 0. The minimum Gasteiger partial charge on any atom is -1.00 e. The average Bonchev–Trinajstić information content (AvgIpc) is 1.89. The zero-order valence-corrected chi connectivity index (χ0v) is 14.5. The fourth-order valence-electron chi connectivity index (χ4n) is 0.606. The molecule has 0 bridgehead atoms. The fraction of sp³-hybridized carbons (Fsp3) is 1.00. The standard InChI is InChI=1S/C5H10O.3BF4.K.H/c1-6-5-3-2-4-5;3*2-1(3,4)5;;/h5H,2-4H2,1H3;;;;;/q;3*-1;+1;-1. The van der Waals surface area contributed by atoms with Crippen molar-refractivity contribution in [1.82, 2.24) is 0 Å². The van der Waals surface area contributed by atoms with Gasteiger partial charge in [-0.05, 0) is 19.3 Å². The molecule has 0 radical (unpaired) electrons. The van der Waals surface area contributed by atoms with Crippen LogP contribution in [0.4, 0.5) is 51.8 Å². The van der Waals surface area contributed by atoms with E-state index in [2.05, 4.69) is 0 Å². The van der Waals surface area contributed by atoms with Crippen molar-refractivity contribution in [3.05, 3.63) is 0 Å². The summed E-state index contributed by atoms with van der Waals surface area (Å²) in [7, 11) is -16.2. The predicted octanol–water partition coefficient (Wildman–Crippen LogP) is 2.20. The summed E-state index contributed by atoms with van der Waals surface area (Å²) >= 11 is 0. The van der Waals surface area contributed by atoms with Crippen LogP contribution in [0.5, 0.6) is 0 Å². The van der Waals surface area contributed by atoms with Crippen molar-refractivity contribution in [3.63, 3.8) is 0 Å². The van der Waals surface area contributed by atoms with E-state index < -0.39 is 21.8 Å². The monoisotopic (exact) mass is 387 g/mol. The summed E-state index contributed by atoms with van der Waals surface area (Å²) in [5, 5.41) is 0. The maximum atomic E-state index is 9.75. The van der Waals surface area contributed by atoms with Crippen LogP contribution in [0.25, 0.3) is 0 Å².